The van der Waals surface area contributed by atoms with Crippen LogP contribution in [0.15, 0.2) is 0 Å². The molecule has 0 spiro atoms. The summed E-state index contributed by atoms with van der Waals surface area (Å²) in [5, 5.41) is 4.82. The summed E-state index contributed by atoms with van der Waals surface area (Å²) in [7, 11) is -3.52. The Labute approximate surface area is 91.2 Å². The molecule has 14 heavy (non-hydrogen) atoms. The lowest BCUT2D eigenvalue weighted by Crippen LogP contribution is -2.37. The first kappa shape index (κ1) is 14.1. The van der Waals surface area contributed by atoms with Crippen molar-refractivity contribution in [2.75, 3.05) is 6.54 Å². The van der Waals surface area contributed by atoms with Gasteiger partial charge in [0.15, 0.2) is 0 Å². The number of nitrogens with two attached hydrogens (primary N) is 2. The van der Waals surface area contributed by atoms with Crippen molar-refractivity contribution in [1.82, 2.24) is 4.72 Å². The summed E-state index contributed by atoms with van der Waals surface area (Å²) < 4.78 is 23.5. The van der Waals surface area contributed by atoms with Crippen LogP contribution in [0.1, 0.15) is 25.7 Å². The zero-order chi connectivity index (χ0) is 9.90. The van der Waals surface area contributed by atoms with Gasteiger partial charge in [0.2, 0.25) is 0 Å². The van der Waals surface area contributed by atoms with E-state index in [1.807, 2.05) is 0 Å². The van der Waals surface area contributed by atoms with Gasteiger partial charge >= 0.3 is 0 Å². The van der Waals surface area contributed by atoms with Gasteiger partial charge < -0.3 is 5.73 Å². The minimum Gasteiger partial charge on any atom is -0.328 e. The van der Waals surface area contributed by atoms with Gasteiger partial charge in [0, 0.05) is 12.6 Å². The Bertz CT molecular complexity index is 250. The molecule has 0 unspecified atom stereocenters. The lowest BCUT2D eigenvalue weighted by molar-refractivity contribution is 0.326. The predicted molar refractivity (Wildman–Crippen MR) is 58.3 cm³/mol. The molecule has 0 bridgehead atoms. The minimum atomic E-state index is -3.52. The van der Waals surface area contributed by atoms with Crippen LogP contribution in [0.4, 0.5) is 0 Å². The van der Waals surface area contributed by atoms with E-state index in [0.29, 0.717) is 18.5 Å². The number of hydrogen-bond acceptors (Lipinski definition) is 3. The van der Waals surface area contributed by atoms with E-state index in [2.05, 4.69) is 4.72 Å². The molecule has 0 heterocycles. The molecular weight excluding hydrogens is 226 g/mol. The molecule has 0 atom stereocenters. The highest BCUT2D eigenvalue weighted by Gasteiger charge is 2.19. The number of rotatable bonds is 3. The van der Waals surface area contributed by atoms with Crippen LogP contribution in [-0.2, 0) is 10.2 Å². The summed E-state index contributed by atoms with van der Waals surface area (Å²) in [6.45, 7) is 0.450. The molecule has 1 saturated carbocycles. The van der Waals surface area contributed by atoms with Gasteiger partial charge in [-0.2, -0.15) is 8.42 Å². The van der Waals surface area contributed by atoms with Crippen molar-refractivity contribution in [2.24, 2.45) is 16.8 Å². The second-order valence-corrected chi connectivity index (χ2v) is 5.05. The van der Waals surface area contributed by atoms with Crippen LogP contribution in [0.5, 0.6) is 0 Å². The van der Waals surface area contributed by atoms with Gasteiger partial charge in [0.05, 0.1) is 0 Å². The maximum atomic E-state index is 10.6. The van der Waals surface area contributed by atoms with Crippen molar-refractivity contribution in [3.05, 3.63) is 0 Å². The molecule has 1 aliphatic carbocycles. The average Bonchev–Trinajstić information content (AvgIpc) is 2.02. The monoisotopic (exact) mass is 243 g/mol. The third-order valence-electron chi connectivity index (χ3n) is 2.46. The van der Waals surface area contributed by atoms with Crippen LogP contribution < -0.4 is 15.6 Å². The van der Waals surface area contributed by atoms with Gasteiger partial charge in [-0.3, -0.25) is 0 Å². The van der Waals surface area contributed by atoms with Gasteiger partial charge in [-0.05, 0) is 31.6 Å². The number of hydrogen-bond donors (Lipinski definition) is 3. The second kappa shape index (κ2) is 5.87. The lowest BCUT2D eigenvalue weighted by atomic mass is 9.87. The van der Waals surface area contributed by atoms with E-state index < -0.39 is 10.2 Å². The molecule has 5 N–H and O–H groups in total. The summed E-state index contributed by atoms with van der Waals surface area (Å²) in [6.07, 6.45) is 3.95. The largest absolute Gasteiger partial charge is 0.328 e. The molecule has 5 nitrogen and oxygen atoms in total. The van der Waals surface area contributed by atoms with Crippen molar-refractivity contribution >= 4 is 22.6 Å². The summed E-state index contributed by atoms with van der Waals surface area (Å²) in [6, 6.07) is 0.297. The fourth-order valence-electron chi connectivity index (χ4n) is 1.63. The Morgan fingerprint density at radius 2 is 1.71 bits per heavy atom. The maximum Gasteiger partial charge on any atom is 0.274 e. The van der Waals surface area contributed by atoms with Crippen LogP contribution in [0.3, 0.4) is 0 Å². The molecule has 1 fully saturated rings. The Hall–Kier alpha value is 0.120. The van der Waals surface area contributed by atoms with Crippen molar-refractivity contribution in [3.63, 3.8) is 0 Å². The molecule has 0 aromatic heterocycles. The predicted octanol–water partition coefficient (Wildman–Crippen LogP) is -0.281. The summed E-state index contributed by atoms with van der Waals surface area (Å²) in [4.78, 5) is 0. The minimum absolute atomic E-state index is 0. The molecule has 0 aromatic carbocycles. The average molecular weight is 244 g/mol. The van der Waals surface area contributed by atoms with E-state index in [4.69, 9.17) is 10.9 Å². The van der Waals surface area contributed by atoms with Gasteiger partial charge in [0.25, 0.3) is 10.2 Å². The van der Waals surface area contributed by atoms with E-state index in [0.717, 1.165) is 25.7 Å². The molecule has 0 radical (unpaired) electrons. The SMILES string of the molecule is Cl.NS(=O)(=O)NC[C@H]1CC[C@@H](N)CC1. The standard InChI is InChI=1S/C7H17N3O2S.ClH/c8-7-3-1-6(2-4-7)5-10-13(9,11)12;/h6-7,10H,1-5,8H2,(H2,9,11,12);1H/t6-,7+;. The molecular formula is C7H18ClN3O2S. The normalized spacial score (nSPS) is 28.1. The van der Waals surface area contributed by atoms with E-state index in [1.165, 1.54) is 0 Å². The van der Waals surface area contributed by atoms with Crippen LogP contribution in [0.25, 0.3) is 0 Å². The zero-order valence-electron chi connectivity index (χ0n) is 7.98. The second-order valence-electron chi connectivity index (χ2n) is 3.67. The highest BCUT2D eigenvalue weighted by atomic mass is 35.5. The highest BCUT2D eigenvalue weighted by Crippen LogP contribution is 2.22. The molecule has 1 aliphatic rings. The van der Waals surface area contributed by atoms with Crippen LogP contribution in [0.2, 0.25) is 0 Å². The van der Waals surface area contributed by atoms with Crippen LogP contribution in [-0.4, -0.2) is 21.0 Å². The molecule has 0 amide bonds. The van der Waals surface area contributed by atoms with E-state index in [1.54, 1.807) is 0 Å². The third-order valence-corrected chi connectivity index (χ3v) is 3.03. The zero-order valence-corrected chi connectivity index (χ0v) is 9.61. The van der Waals surface area contributed by atoms with E-state index >= 15 is 0 Å². The fourth-order valence-corrected chi connectivity index (χ4v) is 2.09. The molecule has 86 valence electrons. The van der Waals surface area contributed by atoms with Crippen LogP contribution >= 0.6 is 12.4 Å². The first-order chi connectivity index (χ1) is 5.97. The smallest absolute Gasteiger partial charge is 0.274 e. The van der Waals surface area contributed by atoms with E-state index in [9.17, 15) is 8.42 Å². The van der Waals surface area contributed by atoms with Gasteiger partial charge in [-0.15, -0.1) is 12.4 Å². The molecule has 0 aliphatic heterocycles. The Morgan fingerprint density at radius 1 is 1.21 bits per heavy atom. The van der Waals surface area contributed by atoms with E-state index in [-0.39, 0.29) is 12.4 Å². The van der Waals surface area contributed by atoms with Crippen LogP contribution in [0, 0.1) is 5.92 Å². The summed E-state index contributed by atoms with van der Waals surface area (Å²) in [5.41, 5.74) is 5.72. The van der Waals surface area contributed by atoms with Crippen molar-refractivity contribution < 1.29 is 8.42 Å². The Kier molecular flexibility index (Phi) is 5.92. The summed E-state index contributed by atoms with van der Waals surface area (Å²) in [5.74, 6) is 0.401. The molecule has 7 heteroatoms. The molecule has 1 rings (SSSR count). The van der Waals surface area contributed by atoms with Gasteiger partial charge in [-0.1, -0.05) is 0 Å². The van der Waals surface area contributed by atoms with Crippen molar-refractivity contribution in [3.8, 4) is 0 Å². The first-order valence-corrected chi connectivity index (χ1v) is 6.05. The lowest BCUT2D eigenvalue weighted by Gasteiger charge is -2.25. The van der Waals surface area contributed by atoms with Crippen molar-refractivity contribution in [2.45, 2.75) is 31.7 Å². The van der Waals surface area contributed by atoms with Gasteiger partial charge in [0.1, 0.15) is 0 Å². The Morgan fingerprint density at radius 3 is 2.14 bits per heavy atom. The maximum absolute atomic E-state index is 10.6. The topological polar surface area (TPSA) is 98.2 Å². The Balaban J connectivity index is 0.00000169. The third kappa shape index (κ3) is 5.77. The fraction of sp³-hybridized carbons (Fsp3) is 1.00. The quantitative estimate of drug-likeness (QED) is 0.636. The molecule has 0 saturated heterocycles. The number of halogens is 1. The molecule has 0 aromatic rings. The first-order valence-electron chi connectivity index (χ1n) is 4.50. The van der Waals surface area contributed by atoms with Crippen molar-refractivity contribution in [1.29, 1.82) is 0 Å². The highest BCUT2D eigenvalue weighted by molar-refractivity contribution is 7.87. The summed E-state index contributed by atoms with van der Waals surface area (Å²) >= 11 is 0. The number of nitrogens with one attached hydrogen (secondary N) is 1. The van der Waals surface area contributed by atoms with Gasteiger partial charge in [-0.25, -0.2) is 9.86 Å².